The second kappa shape index (κ2) is 9.09. The van der Waals surface area contributed by atoms with Crippen molar-refractivity contribution < 1.29 is 0 Å². The predicted octanol–water partition coefficient (Wildman–Crippen LogP) is 6.33. The minimum Gasteiger partial charge on any atom is -0.253 e. The van der Waals surface area contributed by atoms with Crippen molar-refractivity contribution in [3.05, 3.63) is 116 Å². The SMILES string of the molecule is C=C/C=C(\C=C)c1nc(-c2ccccc2)nc(-c2cccc(-c3cccc(C)n3)c2)n1. The van der Waals surface area contributed by atoms with Crippen LogP contribution in [0.3, 0.4) is 0 Å². The van der Waals surface area contributed by atoms with Gasteiger partial charge in [0.25, 0.3) is 0 Å². The molecule has 0 aliphatic heterocycles. The van der Waals surface area contributed by atoms with Crippen LogP contribution in [0.2, 0.25) is 0 Å². The van der Waals surface area contributed by atoms with Crippen LogP contribution in [-0.2, 0) is 0 Å². The molecule has 0 saturated heterocycles. The summed E-state index contributed by atoms with van der Waals surface area (Å²) >= 11 is 0. The first-order chi connectivity index (χ1) is 15.2. The molecular formula is C27H22N4. The molecule has 31 heavy (non-hydrogen) atoms. The highest BCUT2D eigenvalue weighted by Crippen LogP contribution is 2.26. The van der Waals surface area contributed by atoms with Gasteiger partial charge in [-0.15, -0.1) is 0 Å². The van der Waals surface area contributed by atoms with Gasteiger partial charge < -0.3 is 0 Å². The van der Waals surface area contributed by atoms with Gasteiger partial charge in [-0.25, -0.2) is 15.0 Å². The standard InChI is InChI=1S/C27H22N4/c1-4-11-20(5-2)25-29-26(21-13-7-6-8-14-21)31-27(30-25)23-16-10-15-22(18-23)24-17-9-12-19(3)28-24/h4-18H,1-2H2,3H3/b20-11+. The van der Waals surface area contributed by atoms with Crippen molar-refractivity contribution in [2.75, 3.05) is 0 Å². The number of rotatable bonds is 6. The molecule has 0 aliphatic rings. The van der Waals surface area contributed by atoms with Crippen LogP contribution in [-0.4, -0.2) is 19.9 Å². The summed E-state index contributed by atoms with van der Waals surface area (Å²) < 4.78 is 0. The number of allylic oxidation sites excluding steroid dienone is 4. The van der Waals surface area contributed by atoms with Crippen molar-refractivity contribution >= 4 is 5.57 Å². The number of aryl methyl sites for hydroxylation is 1. The van der Waals surface area contributed by atoms with Crippen LogP contribution >= 0.6 is 0 Å². The number of pyridine rings is 1. The van der Waals surface area contributed by atoms with Gasteiger partial charge >= 0.3 is 0 Å². The topological polar surface area (TPSA) is 51.6 Å². The lowest BCUT2D eigenvalue weighted by Gasteiger charge is -2.09. The largest absolute Gasteiger partial charge is 0.253 e. The summed E-state index contributed by atoms with van der Waals surface area (Å²) in [5, 5.41) is 0. The fraction of sp³-hybridized carbons (Fsp3) is 0.0370. The summed E-state index contributed by atoms with van der Waals surface area (Å²) in [5.41, 5.74) is 5.50. The van der Waals surface area contributed by atoms with E-state index >= 15 is 0 Å². The Morgan fingerprint density at radius 2 is 1.39 bits per heavy atom. The summed E-state index contributed by atoms with van der Waals surface area (Å²) in [6, 6.07) is 24.0. The summed E-state index contributed by atoms with van der Waals surface area (Å²) in [6.07, 6.45) is 5.27. The summed E-state index contributed by atoms with van der Waals surface area (Å²) in [4.78, 5) is 18.8. The predicted molar refractivity (Wildman–Crippen MR) is 127 cm³/mol. The molecule has 4 rings (SSSR count). The van der Waals surface area contributed by atoms with Gasteiger partial charge in [-0.1, -0.05) is 86.0 Å². The summed E-state index contributed by atoms with van der Waals surface area (Å²) in [5.74, 6) is 1.75. The van der Waals surface area contributed by atoms with Gasteiger partial charge in [-0.05, 0) is 25.1 Å². The fourth-order valence-electron chi connectivity index (χ4n) is 3.23. The van der Waals surface area contributed by atoms with E-state index in [0.29, 0.717) is 17.5 Å². The molecule has 0 unspecified atom stereocenters. The molecule has 0 atom stereocenters. The quantitative estimate of drug-likeness (QED) is 0.354. The van der Waals surface area contributed by atoms with E-state index in [1.54, 1.807) is 12.2 Å². The Morgan fingerprint density at radius 3 is 2.10 bits per heavy atom. The summed E-state index contributed by atoms with van der Waals surface area (Å²) in [6.45, 7) is 9.67. The zero-order valence-electron chi connectivity index (χ0n) is 17.4. The van der Waals surface area contributed by atoms with E-state index in [1.165, 1.54) is 0 Å². The Hall–Kier alpha value is -4.18. The van der Waals surface area contributed by atoms with E-state index in [0.717, 1.165) is 33.7 Å². The normalized spacial score (nSPS) is 11.2. The second-order valence-electron chi connectivity index (χ2n) is 6.98. The Morgan fingerprint density at radius 1 is 0.710 bits per heavy atom. The molecule has 4 aromatic rings. The monoisotopic (exact) mass is 402 g/mol. The van der Waals surface area contributed by atoms with Gasteiger partial charge in [0.1, 0.15) is 0 Å². The molecule has 4 heteroatoms. The van der Waals surface area contributed by atoms with Crippen LogP contribution in [0.1, 0.15) is 11.5 Å². The molecule has 0 fully saturated rings. The van der Waals surface area contributed by atoms with Gasteiger partial charge in [0.05, 0.1) is 5.69 Å². The molecule has 0 amide bonds. The van der Waals surface area contributed by atoms with E-state index < -0.39 is 0 Å². The number of hydrogen-bond acceptors (Lipinski definition) is 4. The molecule has 150 valence electrons. The van der Waals surface area contributed by atoms with E-state index in [1.807, 2.05) is 79.7 Å². The molecular weight excluding hydrogens is 380 g/mol. The molecule has 0 radical (unpaired) electrons. The van der Waals surface area contributed by atoms with Crippen molar-refractivity contribution in [2.45, 2.75) is 6.92 Å². The van der Waals surface area contributed by atoms with E-state index in [2.05, 4.69) is 29.2 Å². The van der Waals surface area contributed by atoms with E-state index in [4.69, 9.17) is 9.97 Å². The molecule has 4 nitrogen and oxygen atoms in total. The lowest BCUT2D eigenvalue weighted by Crippen LogP contribution is -2.02. The molecule has 0 spiro atoms. The minimum absolute atomic E-state index is 0.554. The first-order valence-corrected chi connectivity index (χ1v) is 9.99. The average molecular weight is 403 g/mol. The number of aromatic nitrogens is 4. The molecule has 2 aromatic carbocycles. The molecule has 0 aliphatic carbocycles. The first kappa shape index (κ1) is 20.1. The van der Waals surface area contributed by atoms with Crippen molar-refractivity contribution in [3.63, 3.8) is 0 Å². The zero-order chi connectivity index (χ0) is 21.6. The number of hydrogen-bond donors (Lipinski definition) is 0. The van der Waals surface area contributed by atoms with Crippen LogP contribution < -0.4 is 0 Å². The van der Waals surface area contributed by atoms with Crippen molar-refractivity contribution in [2.24, 2.45) is 0 Å². The van der Waals surface area contributed by atoms with Crippen LogP contribution in [0.15, 0.2) is 104 Å². The highest BCUT2D eigenvalue weighted by Gasteiger charge is 2.13. The lowest BCUT2D eigenvalue weighted by molar-refractivity contribution is 1.04. The van der Waals surface area contributed by atoms with Crippen molar-refractivity contribution in [3.8, 4) is 34.0 Å². The third-order valence-electron chi connectivity index (χ3n) is 4.75. The fourth-order valence-corrected chi connectivity index (χ4v) is 3.23. The highest BCUT2D eigenvalue weighted by atomic mass is 15.0. The molecule has 2 heterocycles. The van der Waals surface area contributed by atoms with Gasteiger partial charge in [0.2, 0.25) is 0 Å². The molecule has 0 bridgehead atoms. The minimum atomic E-state index is 0.554. The highest BCUT2D eigenvalue weighted by molar-refractivity contribution is 5.74. The molecule has 0 N–H and O–H groups in total. The van der Waals surface area contributed by atoms with Gasteiger partial charge in [0, 0.05) is 28.0 Å². The van der Waals surface area contributed by atoms with Gasteiger partial charge in [0.15, 0.2) is 17.5 Å². The smallest absolute Gasteiger partial charge is 0.164 e. The second-order valence-corrected chi connectivity index (χ2v) is 6.98. The van der Waals surface area contributed by atoms with Crippen LogP contribution in [0, 0.1) is 6.92 Å². The maximum absolute atomic E-state index is 4.77. The van der Waals surface area contributed by atoms with E-state index in [-0.39, 0.29) is 0 Å². The maximum atomic E-state index is 4.77. The Balaban J connectivity index is 1.88. The zero-order valence-corrected chi connectivity index (χ0v) is 17.4. The third kappa shape index (κ3) is 4.54. The van der Waals surface area contributed by atoms with Crippen molar-refractivity contribution in [1.29, 1.82) is 0 Å². The third-order valence-corrected chi connectivity index (χ3v) is 4.75. The van der Waals surface area contributed by atoms with Crippen LogP contribution in [0.25, 0.3) is 39.6 Å². The average Bonchev–Trinajstić information content (AvgIpc) is 2.83. The molecule has 0 saturated carbocycles. The molecule has 2 aromatic heterocycles. The van der Waals surface area contributed by atoms with E-state index in [9.17, 15) is 0 Å². The number of benzene rings is 2. The van der Waals surface area contributed by atoms with Crippen molar-refractivity contribution in [1.82, 2.24) is 19.9 Å². The summed E-state index contributed by atoms with van der Waals surface area (Å²) in [7, 11) is 0. The van der Waals surface area contributed by atoms with Gasteiger partial charge in [-0.2, -0.15) is 0 Å². The Labute approximate surface area is 182 Å². The number of nitrogens with zero attached hydrogens (tertiary/aromatic N) is 4. The van der Waals surface area contributed by atoms with Gasteiger partial charge in [-0.3, -0.25) is 4.98 Å². The van der Waals surface area contributed by atoms with Crippen LogP contribution in [0.4, 0.5) is 0 Å². The Kier molecular flexibility index (Phi) is 5.90. The van der Waals surface area contributed by atoms with Crippen LogP contribution in [0.5, 0.6) is 0 Å². The Bertz CT molecular complexity index is 1270. The maximum Gasteiger partial charge on any atom is 0.164 e. The first-order valence-electron chi connectivity index (χ1n) is 9.99. The lowest BCUT2D eigenvalue weighted by atomic mass is 10.1.